The number of nitrogens with two attached hydrogens (primary N) is 1. The lowest BCUT2D eigenvalue weighted by Gasteiger charge is -2.39. The van der Waals surface area contributed by atoms with Crippen LogP contribution >= 0.6 is 0 Å². The van der Waals surface area contributed by atoms with Crippen LogP contribution in [0, 0.1) is 0 Å². The van der Waals surface area contributed by atoms with Gasteiger partial charge in [0.05, 0.1) is 0 Å². The minimum absolute atomic E-state index is 0.0477. The number of nitrogens with zero attached hydrogens (tertiary/aromatic N) is 3. The highest BCUT2D eigenvalue weighted by Gasteiger charge is 2.27. The summed E-state index contributed by atoms with van der Waals surface area (Å²) in [5, 5.41) is 0. The van der Waals surface area contributed by atoms with Crippen LogP contribution in [0.25, 0.3) is 0 Å². The third-order valence-corrected chi connectivity index (χ3v) is 4.76. The fraction of sp³-hybridized carbons (Fsp3) is 0.688. The van der Waals surface area contributed by atoms with E-state index in [1.807, 2.05) is 19.2 Å². The van der Waals surface area contributed by atoms with E-state index in [0.29, 0.717) is 0 Å². The largest absolute Gasteiger partial charge is 0.354 e. The molecule has 3 rings (SSSR count). The van der Waals surface area contributed by atoms with E-state index >= 15 is 0 Å². The summed E-state index contributed by atoms with van der Waals surface area (Å²) in [6.07, 6.45) is 7.51. The summed E-state index contributed by atoms with van der Waals surface area (Å²) in [5.41, 5.74) is 7.24. The maximum absolute atomic E-state index is 6.07. The Bertz CT molecular complexity index is 432. The van der Waals surface area contributed by atoms with Gasteiger partial charge in [-0.3, -0.25) is 4.90 Å². The van der Waals surface area contributed by atoms with Crippen molar-refractivity contribution >= 4 is 5.82 Å². The third kappa shape index (κ3) is 2.81. The molecule has 1 saturated heterocycles. The molecule has 2 N–H and O–H groups in total. The number of rotatable bonds is 3. The predicted molar refractivity (Wildman–Crippen MR) is 82.9 cm³/mol. The van der Waals surface area contributed by atoms with Crippen molar-refractivity contribution in [3.8, 4) is 0 Å². The number of pyridine rings is 1. The van der Waals surface area contributed by atoms with Gasteiger partial charge < -0.3 is 10.6 Å². The molecule has 1 unspecified atom stereocenters. The fourth-order valence-electron chi connectivity index (χ4n) is 3.60. The lowest BCUT2D eigenvalue weighted by atomic mass is 10.1. The zero-order chi connectivity index (χ0) is 13.9. The van der Waals surface area contributed by atoms with Crippen molar-refractivity contribution in [3.05, 3.63) is 23.9 Å². The van der Waals surface area contributed by atoms with Gasteiger partial charge >= 0.3 is 0 Å². The SMILES string of the molecule is CC(N)c1cccnc1N1CCN(C2CCCC2)CC1. The molecule has 2 heterocycles. The molecule has 1 atom stereocenters. The summed E-state index contributed by atoms with van der Waals surface area (Å²) < 4.78 is 0. The van der Waals surface area contributed by atoms with Gasteiger partial charge in [0.2, 0.25) is 0 Å². The summed E-state index contributed by atoms with van der Waals surface area (Å²) in [7, 11) is 0. The molecular formula is C16H26N4. The molecule has 1 aromatic heterocycles. The van der Waals surface area contributed by atoms with Crippen LogP contribution in [-0.2, 0) is 0 Å². The second kappa shape index (κ2) is 6.10. The Balaban J connectivity index is 1.66. The number of aromatic nitrogens is 1. The molecule has 0 amide bonds. The molecule has 2 fully saturated rings. The molecule has 110 valence electrons. The molecule has 4 heteroatoms. The summed E-state index contributed by atoms with van der Waals surface area (Å²) >= 11 is 0. The lowest BCUT2D eigenvalue weighted by molar-refractivity contribution is 0.187. The molecular weight excluding hydrogens is 248 g/mol. The van der Waals surface area contributed by atoms with Crippen molar-refractivity contribution < 1.29 is 0 Å². The quantitative estimate of drug-likeness (QED) is 0.917. The first kappa shape index (κ1) is 13.8. The lowest BCUT2D eigenvalue weighted by Crippen LogP contribution is -2.50. The average molecular weight is 274 g/mol. The Morgan fingerprint density at radius 2 is 1.90 bits per heavy atom. The van der Waals surface area contributed by atoms with E-state index in [-0.39, 0.29) is 6.04 Å². The smallest absolute Gasteiger partial charge is 0.133 e. The molecule has 0 aromatic carbocycles. The van der Waals surface area contributed by atoms with Gasteiger partial charge in [-0.25, -0.2) is 4.98 Å². The van der Waals surface area contributed by atoms with Crippen molar-refractivity contribution in [2.24, 2.45) is 5.73 Å². The molecule has 4 nitrogen and oxygen atoms in total. The molecule has 1 aromatic rings. The van der Waals surface area contributed by atoms with Crippen LogP contribution in [0.3, 0.4) is 0 Å². The zero-order valence-electron chi connectivity index (χ0n) is 12.5. The maximum atomic E-state index is 6.07. The first-order valence-electron chi connectivity index (χ1n) is 7.95. The number of hydrogen-bond donors (Lipinski definition) is 1. The Hall–Kier alpha value is -1.13. The molecule has 20 heavy (non-hydrogen) atoms. The van der Waals surface area contributed by atoms with E-state index in [4.69, 9.17) is 5.73 Å². The number of anilines is 1. The van der Waals surface area contributed by atoms with Gasteiger partial charge in [-0.2, -0.15) is 0 Å². The van der Waals surface area contributed by atoms with Crippen molar-refractivity contribution in [1.82, 2.24) is 9.88 Å². The molecule has 0 bridgehead atoms. The first-order chi connectivity index (χ1) is 9.75. The van der Waals surface area contributed by atoms with Gasteiger partial charge in [-0.05, 0) is 25.8 Å². The van der Waals surface area contributed by atoms with Crippen LogP contribution in [0.1, 0.15) is 44.2 Å². The van der Waals surface area contributed by atoms with Crippen LogP contribution < -0.4 is 10.6 Å². The van der Waals surface area contributed by atoms with E-state index in [1.54, 1.807) is 0 Å². The monoisotopic (exact) mass is 274 g/mol. The highest BCUT2D eigenvalue weighted by Crippen LogP contribution is 2.27. The summed E-state index contributed by atoms with van der Waals surface area (Å²) in [6, 6.07) is 4.98. The Kier molecular flexibility index (Phi) is 4.22. The Labute approximate surface area is 122 Å². The van der Waals surface area contributed by atoms with E-state index < -0.39 is 0 Å². The van der Waals surface area contributed by atoms with Gasteiger partial charge in [0.1, 0.15) is 5.82 Å². The second-order valence-corrected chi connectivity index (χ2v) is 6.17. The first-order valence-corrected chi connectivity index (χ1v) is 7.95. The van der Waals surface area contributed by atoms with Crippen LogP contribution in [-0.4, -0.2) is 42.1 Å². The summed E-state index contributed by atoms with van der Waals surface area (Å²) in [5.74, 6) is 1.09. The van der Waals surface area contributed by atoms with Gasteiger partial charge in [-0.1, -0.05) is 18.9 Å². The van der Waals surface area contributed by atoms with Crippen molar-refractivity contribution in [2.75, 3.05) is 31.1 Å². The molecule has 1 aliphatic heterocycles. The summed E-state index contributed by atoms with van der Waals surface area (Å²) in [6.45, 7) is 6.52. The van der Waals surface area contributed by atoms with Crippen LogP contribution in [0.5, 0.6) is 0 Å². The van der Waals surface area contributed by atoms with Crippen LogP contribution in [0.15, 0.2) is 18.3 Å². The number of hydrogen-bond acceptors (Lipinski definition) is 4. The van der Waals surface area contributed by atoms with Gasteiger partial charge in [-0.15, -0.1) is 0 Å². The van der Waals surface area contributed by atoms with Gasteiger partial charge in [0.25, 0.3) is 0 Å². The highest BCUT2D eigenvalue weighted by molar-refractivity contribution is 5.48. The van der Waals surface area contributed by atoms with Gasteiger partial charge in [0.15, 0.2) is 0 Å². The van der Waals surface area contributed by atoms with Crippen molar-refractivity contribution in [2.45, 2.75) is 44.7 Å². The Morgan fingerprint density at radius 3 is 2.55 bits per heavy atom. The van der Waals surface area contributed by atoms with Crippen LogP contribution in [0.4, 0.5) is 5.82 Å². The normalized spacial score (nSPS) is 23.2. The fourth-order valence-corrected chi connectivity index (χ4v) is 3.60. The molecule has 1 aliphatic carbocycles. The van der Waals surface area contributed by atoms with Crippen molar-refractivity contribution in [3.63, 3.8) is 0 Å². The predicted octanol–water partition coefficient (Wildman–Crippen LogP) is 2.17. The highest BCUT2D eigenvalue weighted by atomic mass is 15.3. The number of piperazine rings is 1. The standard InChI is InChI=1S/C16H26N4/c1-13(17)15-7-4-8-18-16(15)20-11-9-19(10-12-20)14-5-2-3-6-14/h4,7-8,13-14H,2-3,5-6,9-12,17H2,1H3. The molecule has 0 spiro atoms. The van der Waals surface area contributed by atoms with Gasteiger partial charge in [0, 0.05) is 50.0 Å². The summed E-state index contributed by atoms with van der Waals surface area (Å²) in [4.78, 5) is 9.66. The van der Waals surface area contributed by atoms with Crippen molar-refractivity contribution in [1.29, 1.82) is 0 Å². The third-order valence-electron chi connectivity index (χ3n) is 4.76. The van der Waals surface area contributed by atoms with E-state index in [0.717, 1.165) is 24.9 Å². The minimum Gasteiger partial charge on any atom is -0.354 e. The second-order valence-electron chi connectivity index (χ2n) is 6.17. The average Bonchev–Trinajstić information content (AvgIpc) is 3.02. The van der Waals surface area contributed by atoms with Crippen LogP contribution in [0.2, 0.25) is 0 Å². The maximum Gasteiger partial charge on any atom is 0.133 e. The Morgan fingerprint density at radius 1 is 1.20 bits per heavy atom. The topological polar surface area (TPSA) is 45.4 Å². The van der Waals surface area contributed by atoms with E-state index in [9.17, 15) is 0 Å². The zero-order valence-corrected chi connectivity index (χ0v) is 12.5. The molecule has 1 saturated carbocycles. The molecule has 0 radical (unpaired) electrons. The van der Waals surface area contributed by atoms with E-state index in [1.165, 1.54) is 44.3 Å². The van der Waals surface area contributed by atoms with E-state index in [2.05, 4.69) is 20.9 Å². The minimum atomic E-state index is 0.0477. The molecule has 2 aliphatic rings.